The van der Waals surface area contributed by atoms with Gasteiger partial charge in [0.15, 0.2) is 5.60 Å². The maximum absolute atomic E-state index is 12.6. The number of aromatic hydroxyl groups is 2. The molecule has 0 bridgehead atoms. The summed E-state index contributed by atoms with van der Waals surface area (Å²) in [6.07, 6.45) is 8.81. The van der Waals surface area contributed by atoms with Gasteiger partial charge in [-0.1, -0.05) is 24.3 Å². The molecule has 1 spiro atoms. The highest BCUT2D eigenvalue weighted by Crippen LogP contribution is 2.51. The van der Waals surface area contributed by atoms with Gasteiger partial charge in [-0.15, -0.1) is 0 Å². The fraction of sp³-hybridized carbons (Fsp3) is 0.0952. The van der Waals surface area contributed by atoms with Crippen LogP contribution >= 0.6 is 0 Å². The van der Waals surface area contributed by atoms with E-state index in [1.54, 1.807) is 43.4 Å². The Morgan fingerprint density at radius 1 is 0.885 bits per heavy atom. The Labute approximate surface area is 150 Å². The Morgan fingerprint density at radius 2 is 1.50 bits per heavy atom. The van der Waals surface area contributed by atoms with Crippen LogP contribution in [0.2, 0.25) is 0 Å². The molecule has 0 saturated carbocycles. The molecule has 0 aromatic heterocycles. The number of fused-ring (bicyclic) bond motifs is 4. The van der Waals surface area contributed by atoms with Gasteiger partial charge in [-0.2, -0.15) is 0 Å². The first-order chi connectivity index (χ1) is 12.5. The van der Waals surface area contributed by atoms with Crippen molar-refractivity contribution in [3.8, 4) is 23.0 Å². The van der Waals surface area contributed by atoms with Crippen LogP contribution in [0.15, 0.2) is 72.4 Å². The first-order valence-corrected chi connectivity index (χ1v) is 8.10. The minimum Gasteiger partial charge on any atom is -0.508 e. The second-order valence-corrected chi connectivity index (χ2v) is 6.18. The summed E-state index contributed by atoms with van der Waals surface area (Å²) in [5.74, 6) is 0.283. The molecule has 0 fully saturated rings. The monoisotopic (exact) mass is 348 g/mol. The van der Waals surface area contributed by atoms with E-state index in [2.05, 4.69) is 0 Å². The van der Waals surface area contributed by atoms with Crippen molar-refractivity contribution in [3.05, 3.63) is 83.5 Å². The quantitative estimate of drug-likeness (QED) is 0.702. The van der Waals surface area contributed by atoms with E-state index in [9.17, 15) is 15.0 Å². The molecule has 130 valence electrons. The highest BCUT2D eigenvalue weighted by Gasteiger charge is 2.44. The first-order valence-electron chi connectivity index (χ1n) is 8.10. The zero-order chi connectivity index (χ0) is 18.3. The number of phenols is 2. The van der Waals surface area contributed by atoms with Crippen molar-refractivity contribution in [2.45, 2.75) is 12.5 Å². The Hall–Kier alpha value is -3.47. The molecule has 2 N–H and O–H groups in total. The number of carbonyl (C=O) groups is 1. The number of allylic oxidation sites excluding steroid dienone is 4. The topological polar surface area (TPSA) is 76.0 Å². The van der Waals surface area contributed by atoms with Crippen molar-refractivity contribution in [1.29, 1.82) is 0 Å². The Bertz CT molecular complexity index is 946. The molecular weight excluding hydrogens is 332 g/mol. The number of ether oxygens (including phenoxy) is 2. The normalized spacial score (nSPS) is 21.6. The number of benzene rings is 2. The first kappa shape index (κ1) is 16.0. The van der Waals surface area contributed by atoms with Crippen molar-refractivity contribution in [2.75, 3.05) is 0 Å². The lowest BCUT2D eigenvalue weighted by molar-refractivity contribution is -0.148. The number of hydrogen-bond donors (Lipinski definition) is 2. The number of esters is 1. The Kier molecular flexibility index (Phi) is 3.58. The lowest BCUT2D eigenvalue weighted by Gasteiger charge is -2.37. The molecule has 0 amide bonds. The average Bonchev–Trinajstić information content (AvgIpc) is 2.66. The molecule has 2 aliphatic rings. The summed E-state index contributed by atoms with van der Waals surface area (Å²) in [7, 11) is 0. The summed E-state index contributed by atoms with van der Waals surface area (Å²) in [4.78, 5) is 12.6. The number of hydrogen-bond acceptors (Lipinski definition) is 5. The third-order valence-electron chi connectivity index (χ3n) is 4.43. The van der Waals surface area contributed by atoms with E-state index in [1.807, 2.05) is 6.08 Å². The number of rotatable bonds is 0. The van der Waals surface area contributed by atoms with Crippen LogP contribution in [0, 0.1) is 0 Å². The summed E-state index contributed by atoms with van der Waals surface area (Å²) < 4.78 is 11.8. The molecule has 0 aliphatic carbocycles. The zero-order valence-electron chi connectivity index (χ0n) is 14.0. The largest absolute Gasteiger partial charge is 0.508 e. The van der Waals surface area contributed by atoms with Crippen LogP contribution in [0.3, 0.4) is 0 Å². The van der Waals surface area contributed by atoms with Crippen LogP contribution in [-0.4, -0.2) is 16.2 Å². The Morgan fingerprint density at radius 3 is 2.12 bits per heavy atom. The van der Waals surface area contributed by atoms with Crippen LogP contribution in [0.5, 0.6) is 23.0 Å². The fourth-order valence-electron chi connectivity index (χ4n) is 3.14. The van der Waals surface area contributed by atoms with E-state index < -0.39 is 11.6 Å². The van der Waals surface area contributed by atoms with Crippen LogP contribution in [0.4, 0.5) is 0 Å². The van der Waals surface area contributed by atoms with Gasteiger partial charge in [0.2, 0.25) is 0 Å². The average molecular weight is 348 g/mol. The third-order valence-corrected chi connectivity index (χ3v) is 4.43. The second-order valence-electron chi connectivity index (χ2n) is 6.18. The smallest absolute Gasteiger partial charge is 0.335 e. The highest BCUT2D eigenvalue weighted by atomic mass is 16.6. The lowest BCUT2D eigenvalue weighted by Crippen LogP contribution is -2.35. The van der Waals surface area contributed by atoms with Gasteiger partial charge in [0, 0.05) is 28.8 Å². The zero-order valence-corrected chi connectivity index (χ0v) is 14.0. The van der Waals surface area contributed by atoms with Crippen LogP contribution < -0.4 is 4.74 Å². The van der Waals surface area contributed by atoms with Crippen LogP contribution in [0.1, 0.15) is 18.1 Å². The summed E-state index contributed by atoms with van der Waals surface area (Å²) in [5.41, 5.74) is 0.379. The molecule has 2 heterocycles. The van der Waals surface area contributed by atoms with E-state index in [4.69, 9.17) is 9.47 Å². The minimum absolute atomic E-state index is 0.0249. The van der Waals surface area contributed by atoms with Crippen molar-refractivity contribution in [2.24, 2.45) is 0 Å². The predicted octanol–water partition coefficient (Wildman–Crippen LogP) is 4.06. The summed E-state index contributed by atoms with van der Waals surface area (Å²) in [6.45, 7) is 1.68. The molecule has 0 unspecified atom stereocenters. The van der Waals surface area contributed by atoms with Gasteiger partial charge in [-0.05, 0) is 37.3 Å². The van der Waals surface area contributed by atoms with Gasteiger partial charge >= 0.3 is 5.97 Å². The molecule has 26 heavy (non-hydrogen) atoms. The Balaban J connectivity index is 2.03. The summed E-state index contributed by atoms with van der Waals surface area (Å²) in [6, 6.07) is 9.27. The molecule has 5 heteroatoms. The molecule has 0 atom stereocenters. The number of phenolic OH excluding ortho intramolecular Hbond substituents is 2. The van der Waals surface area contributed by atoms with Crippen molar-refractivity contribution in [3.63, 3.8) is 0 Å². The molecule has 2 aliphatic heterocycles. The number of carbonyl (C=O) groups excluding carboxylic acids is 1. The van der Waals surface area contributed by atoms with E-state index in [-0.39, 0.29) is 11.5 Å². The maximum atomic E-state index is 12.6. The molecule has 2 aromatic carbocycles. The van der Waals surface area contributed by atoms with Gasteiger partial charge in [0.25, 0.3) is 0 Å². The molecule has 5 nitrogen and oxygen atoms in total. The van der Waals surface area contributed by atoms with Crippen molar-refractivity contribution < 1.29 is 24.5 Å². The van der Waals surface area contributed by atoms with E-state index >= 15 is 0 Å². The van der Waals surface area contributed by atoms with Gasteiger partial charge in [-0.3, -0.25) is 0 Å². The fourth-order valence-corrected chi connectivity index (χ4v) is 3.14. The molecule has 0 saturated heterocycles. The summed E-state index contributed by atoms with van der Waals surface area (Å²) >= 11 is 0. The summed E-state index contributed by atoms with van der Waals surface area (Å²) in [5, 5.41) is 19.7. The predicted molar refractivity (Wildman–Crippen MR) is 95.2 cm³/mol. The van der Waals surface area contributed by atoms with Gasteiger partial charge in [0.1, 0.15) is 23.0 Å². The van der Waals surface area contributed by atoms with Gasteiger partial charge in [0.05, 0.1) is 0 Å². The van der Waals surface area contributed by atoms with E-state index in [0.717, 1.165) is 0 Å². The van der Waals surface area contributed by atoms with Crippen molar-refractivity contribution >= 4 is 5.97 Å². The van der Waals surface area contributed by atoms with Crippen molar-refractivity contribution in [1.82, 2.24) is 0 Å². The maximum Gasteiger partial charge on any atom is 0.335 e. The SMILES string of the molecule is C\C1=C/C=C\C=C\C2(OC1=O)c1ccc(O)cc1Oc1cc(O)ccc12. The lowest BCUT2D eigenvalue weighted by atomic mass is 9.82. The van der Waals surface area contributed by atoms with Gasteiger partial charge < -0.3 is 19.7 Å². The van der Waals surface area contributed by atoms with E-state index in [0.29, 0.717) is 28.2 Å². The van der Waals surface area contributed by atoms with Gasteiger partial charge in [-0.25, -0.2) is 4.79 Å². The van der Waals surface area contributed by atoms with Crippen LogP contribution in [0.25, 0.3) is 0 Å². The minimum atomic E-state index is -1.24. The molecular formula is C21H16O5. The third kappa shape index (κ3) is 2.45. The van der Waals surface area contributed by atoms with Crippen LogP contribution in [-0.2, 0) is 15.1 Å². The molecule has 0 radical (unpaired) electrons. The standard InChI is InChI=1S/C21H16O5/c1-13-5-3-2-4-10-21(26-20(13)24)16-8-6-14(22)11-18(16)25-19-12-15(23)7-9-17(19)21/h2-12,22-23H,1H3/b3-2-,10-4+,13-5+. The second kappa shape index (κ2) is 5.81. The highest BCUT2D eigenvalue weighted by molar-refractivity contribution is 5.89. The van der Waals surface area contributed by atoms with E-state index in [1.165, 1.54) is 24.3 Å². The molecule has 4 rings (SSSR count). The molecule has 2 aromatic rings.